The Labute approximate surface area is 118 Å². The summed E-state index contributed by atoms with van der Waals surface area (Å²) in [6.07, 6.45) is 2.41. The van der Waals surface area contributed by atoms with Crippen LogP contribution in [0.2, 0.25) is 0 Å². The van der Waals surface area contributed by atoms with Gasteiger partial charge in [-0.25, -0.2) is 4.39 Å². The standard InChI is InChI=1S/C16H19FN2O/c17-13-6-2-1-5-12(13)15-7-8-16(20-15)14(11-18)19-9-3-4-10-19/h1-2,5-8,14H,3-4,9-11,18H2. The van der Waals surface area contributed by atoms with Crippen molar-refractivity contribution in [3.63, 3.8) is 0 Å². The molecule has 0 radical (unpaired) electrons. The molecule has 2 N–H and O–H groups in total. The zero-order chi connectivity index (χ0) is 13.9. The third-order valence-corrected chi connectivity index (χ3v) is 3.90. The highest BCUT2D eigenvalue weighted by molar-refractivity contribution is 5.58. The summed E-state index contributed by atoms with van der Waals surface area (Å²) in [5, 5.41) is 0. The summed E-state index contributed by atoms with van der Waals surface area (Å²) in [6, 6.07) is 10.5. The Hall–Kier alpha value is -1.65. The lowest BCUT2D eigenvalue weighted by Crippen LogP contribution is -2.31. The van der Waals surface area contributed by atoms with Crippen molar-refractivity contribution in [2.75, 3.05) is 19.6 Å². The van der Waals surface area contributed by atoms with E-state index in [9.17, 15) is 4.39 Å². The fraction of sp³-hybridized carbons (Fsp3) is 0.375. The van der Waals surface area contributed by atoms with Crippen LogP contribution in [-0.2, 0) is 0 Å². The van der Waals surface area contributed by atoms with Gasteiger partial charge in [-0.15, -0.1) is 0 Å². The van der Waals surface area contributed by atoms with E-state index in [-0.39, 0.29) is 11.9 Å². The molecule has 20 heavy (non-hydrogen) atoms. The van der Waals surface area contributed by atoms with Crippen molar-refractivity contribution >= 4 is 0 Å². The van der Waals surface area contributed by atoms with Crippen molar-refractivity contribution in [3.8, 4) is 11.3 Å². The molecule has 1 aliphatic rings. The molecule has 1 atom stereocenters. The smallest absolute Gasteiger partial charge is 0.137 e. The number of hydrogen-bond donors (Lipinski definition) is 1. The van der Waals surface area contributed by atoms with Gasteiger partial charge in [-0.2, -0.15) is 0 Å². The maximum atomic E-state index is 13.8. The summed E-state index contributed by atoms with van der Waals surface area (Å²) in [6.45, 7) is 2.62. The minimum absolute atomic E-state index is 0.0954. The Morgan fingerprint density at radius 1 is 1.15 bits per heavy atom. The van der Waals surface area contributed by atoms with Gasteiger partial charge in [0.1, 0.15) is 17.3 Å². The molecular weight excluding hydrogens is 255 g/mol. The van der Waals surface area contributed by atoms with Gasteiger partial charge in [0, 0.05) is 6.54 Å². The average molecular weight is 274 g/mol. The summed E-state index contributed by atoms with van der Waals surface area (Å²) < 4.78 is 19.6. The van der Waals surface area contributed by atoms with Gasteiger partial charge in [0.05, 0.1) is 11.6 Å². The largest absolute Gasteiger partial charge is 0.459 e. The van der Waals surface area contributed by atoms with Crippen molar-refractivity contribution < 1.29 is 8.81 Å². The molecule has 0 spiro atoms. The van der Waals surface area contributed by atoms with E-state index in [1.165, 1.54) is 18.9 Å². The lowest BCUT2D eigenvalue weighted by molar-refractivity contribution is 0.222. The first-order valence-corrected chi connectivity index (χ1v) is 7.08. The van der Waals surface area contributed by atoms with Crippen molar-refractivity contribution in [3.05, 3.63) is 48.0 Å². The predicted molar refractivity (Wildman–Crippen MR) is 76.7 cm³/mol. The number of nitrogens with two attached hydrogens (primary N) is 1. The van der Waals surface area contributed by atoms with Crippen LogP contribution in [-0.4, -0.2) is 24.5 Å². The quantitative estimate of drug-likeness (QED) is 0.931. The average Bonchev–Trinajstić information content (AvgIpc) is 3.12. The molecule has 3 nitrogen and oxygen atoms in total. The van der Waals surface area contributed by atoms with E-state index in [1.54, 1.807) is 12.1 Å². The molecule has 2 aromatic rings. The summed E-state index contributed by atoms with van der Waals surface area (Å²) in [5.41, 5.74) is 6.38. The Morgan fingerprint density at radius 3 is 2.60 bits per heavy atom. The summed E-state index contributed by atoms with van der Waals surface area (Å²) in [4.78, 5) is 2.34. The Balaban J connectivity index is 1.87. The molecule has 1 fully saturated rings. The van der Waals surface area contributed by atoms with Crippen molar-refractivity contribution in [1.29, 1.82) is 0 Å². The van der Waals surface area contributed by atoms with Crippen LogP contribution in [0.1, 0.15) is 24.6 Å². The van der Waals surface area contributed by atoms with E-state index in [0.29, 0.717) is 17.9 Å². The Morgan fingerprint density at radius 2 is 1.90 bits per heavy atom. The predicted octanol–water partition coefficient (Wildman–Crippen LogP) is 3.18. The second kappa shape index (κ2) is 5.77. The van der Waals surface area contributed by atoms with Gasteiger partial charge in [-0.3, -0.25) is 4.90 Å². The van der Waals surface area contributed by atoms with Gasteiger partial charge in [0.2, 0.25) is 0 Å². The summed E-state index contributed by atoms with van der Waals surface area (Å²) in [7, 11) is 0. The topological polar surface area (TPSA) is 42.4 Å². The third-order valence-electron chi connectivity index (χ3n) is 3.90. The van der Waals surface area contributed by atoms with Gasteiger partial charge in [0.25, 0.3) is 0 Å². The number of hydrogen-bond acceptors (Lipinski definition) is 3. The van der Waals surface area contributed by atoms with E-state index < -0.39 is 0 Å². The molecule has 1 aromatic heterocycles. The molecule has 2 heterocycles. The maximum Gasteiger partial charge on any atom is 0.137 e. The highest BCUT2D eigenvalue weighted by Crippen LogP contribution is 2.30. The maximum absolute atomic E-state index is 13.8. The fourth-order valence-corrected chi connectivity index (χ4v) is 2.84. The van der Waals surface area contributed by atoms with E-state index in [0.717, 1.165) is 18.8 Å². The Kier molecular flexibility index (Phi) is 3.85. The molecule has 3 rings (SSSR count). The summed E-state index contributed by atoms with van der Waals surface area (Å²) >= 11 is 0. The molecule has 1 aliphatic heterocycles. The fourth-order valence-electron chi connectivity index (χ4n) is 2.84. The van der Waals surface area contributed by atoms with E-state index in [4.69, 9.17) is 10.2 Å². The van der Waals surface area contributed by atoms with Gasteiger partial charge < -0.3 is 10.2 Å². The van der Waals surface area contributed by atoms with Crippen LogP contribution in [0.15, 0.2) is 40.8 Å². The number of likely N-dealkylation sites (tertiary alicyclic amines) is 1. The second-order valence-corrected chi connectivity index (χ2v) is 5.18. The third kappa shape index (κ3) is 2.49. The monoisotopic (exact) mass is 274 g/mol. The highest BCUT2D eigenvalue weighted by atomic mass is 19.1. The first-order chi connectivity index (χ1) is 9.79. The number of rotatable bonds is 4. The minimum Gasteiger partial charge on any atom is -0.459 e. The normalized spacial score (nSPS) is 17.5. The molecule has 0 amide bonds. The van der Waals surface area contributed by atoms with Crippen LogP contribution in [0.5, 0.6) is 0 Å². The molecule has 0 saturated carbocycles. The molecule has 0 bridgehead atoms. The number of furan rings is 1. The number of benzene rings is 1. The highest BCUT2D eigenvalue weighted by Gasteiger charge is 2.25. The van der Waals surface area contributed by atoms with Crippen LogP contribution >= 0.6 is 0 Å². The lowest BCUT2D eigenvalue weighted by atomic mass is 10.1. The van der Waals surface area contributed by atoms with Gasteiger partial charge in [0.15, 0.2) is 0 Å². The molecule has 1 saturated heterocycles. The Bertz CT molecular complexity index is 575. The SMILES string of the molecule is NCC(c1ccc(-c2ccccc2F)o1)N1CCCC1. The second-order valence-electron chi connectivity index (χ2n) is 5.18. The first kappa shape index (κ1) is 13.3. The van der Waals surface area contributed by atoms with Crippen molar-refractivity contribution in [2.24, 2.45) is 5.73 Å². The van der Waals surface area contributed by atoms with Gasteiger partial charge in [-0.1, -0.05) is 12.1 Å². The number of nitrogens with zero attached hydrogens (tertiary/aromatic N) is 1. The summed E-state index contributed by atoms with van der Waals surface area (Å²) in [5.74, 6) is 1.13. The van der Waals surface area contributed by atoms with Crippen LogP contribution in [0.3, 0.4) is 0 Å². The zero-order valence-corrected chi connectivity index (χ0v) is 11.4. The molecule has 1 aromatic carbocycles. The molecule has 4 heteroatoms. The minimum atomic E-state index is -0.265. The van der Waals surface area contributed by atoms with Gasteiger partial charge in [-0.05, 0) is 50.2 Å². The van der Waals surface area contributed by atoms with E-state index >= 15 is 0 Å². The first-order valence-electron chi connectivity index (χ1n) is 7.08. The van der Waals surface area contributed by atoms with Gasteiger partial charge >= 0.3 is 0 Å². The van der Waals surface area contributed by atoms with E-state index in [1.807, 2.05) is 18.2 Å². The molecule has 0 aliphatic carbocycles. The van der Waals surface area contributed by atoms with Crippen LogP contribution in [0.4, 0.5) is 4.39 Å². The van der Waals surface area contributed by atoms with Crippen molar-refractivity contribution in [1.82, 2.24) is 4.90 Å². The van der Waals surface area contributed by atoms with Crippen LogP contribution in [0.25, 0.3) is 11.3 Å². The van der Waals surface area contributed by atoms with Crippen LogP contribution in [0, 0.1) is 5.82 Å². The lowest BCUT2D eigenvalue weighted by Gasteiger charge is -2.24. The van der Waals surface area contributed by atoms with E-state index in [2.05, 4.69) is 4.90 Å². The van der Waals surface area contributed by atoms with Crippen LogP contribution < -0.4 is 5.73 Å². The molecular formula is C16H19FN2O. The van der Waals surface area contributed by atoms with Crippen molar-refractivity contribution in [2.45, 2.75) is 18.9 Å². The number of halogens is 1. The zero-order valence-electron chi connectivity index (χ0n) is 11.4. The molecule has 1 unspecified atom stereocenters. The molecule has 106 valence electrons.